The fourth-order valence-electron chi connectivity index (χ4n) is 3.41. The zero-order valence-electron chi connectivity index (χ0n) is 15.3. The van der Waals surface area contributed by atoms with E-state index in [1.54, 1.807) is 6.33 Å². The van der Waals surface area contributed by atoms with E-state index in [0.717, 1.165) is 54.1 Å². The van der Waals surface area contributed by atoms with Crippen LogP contribution >= 0.6 is 0 Å². The topological polar surface area (TPSA) is 50.3 Å². The summed E-state index contributed by atoms with van der Waals surface area (Å²) in [5, 5.41) is 4.37. The van der Waals surface area contributed by atoms with E-state index in [2.05, 4.69) is 46.3 Å². The smallest absolute Gasteiger partial charge is 0.145 e. The van der Waals surface area contributed by atoms with Crippen molar-refractivity contribution in [3.8, 4) is 5.75 Å². The summed E-state index contributed by atoms with van der Waals surface area (Å²) in [5.41, 5.74) is 3.11. The third-order valence-corrected chi connectivity index (χ3v) is 4.86. The first-order valence-corrected chi connectivity index (χ1v) is 9.11. The van der Waals surface area contributed by atoms with Crippen molar-refractivity contribution in [1.29, 1.82) is 0 Å². The average molecular weight is 348 g/mol. The van der Waals surface area contributed by atoms with Gasteiger partial charge < -0.3 is 15.0 Å². The lowest BCUT2D eigenvalue weighted by atomic mass is 10.1. The summed E-state index contributed by atoms with van der Waals surface area (Å²) < 4.78 is 6.37. The van der Waals surface area contributed by atoms with Crippen LogP contribution < -0.4 is 10.1 Å². The monoisotopic (exact) mass is 348 g/mol. The lowest BCUT2D eigenvalue weighted by molar-refractivity contribution is 0.116. The van der Waals surface area contributed by atoms with E-state index in [1.165, 1.54) is 5.56 Å². The summed E-state index contributed by atoms with van der Waals surface area (Å²) in [4.78, 5) is 11.3. The minimum absolute atomic E-state index is 0.240. The molecule has 0 radical (unpaired) electrons. The minimum atomic E-state index is 0.240. The predicted molar refractivity (Wildman–Crippen MR) is 105 cm³/mol. The molecule has 1 aliphatic heterocycles. The van der Waals surface area contributed by atoms with Crippen molar-refractivity contribution >= 4 is 22.4 Å². The van der Waals surface area contributed by atoms with Crippen molar-refractivity contribution in [2.75, 3.05) is 25.5 Å². The molecule has 26 heavy (non-hydrogen) atoms. The van der Waals surface area contributed by atoms with Gasteiger partial charge in [0.2, 0.25) is 0 Å². The summed E-state index contributed by atoms with van der Waals surface area (Å²) in [6.45, 7) is 4.22. The van der Waals surface area contributed by atoms with Crippen molar-refractivity contribution in [3.63, 3.8) is 0 Å². The van der Waals surface area contributed by atoms with Crippen LogP contribution in [0.25, 0.3) is 10.9 Å². The lowest BCUT2D eigenvalue weighted by Gasteiger charge is -2.29. The third-order valence-electron chi connectivity index (χ3n) is 4.86. The second-order valence-electron chi connectivity index (χ2n) is 6.99. The maximum Gasteiger partial charge on any atom is 0.145 e. The maximum atomic E-state index is 6.37. The largest absolute Gasteiger partial charge is 0.489 e. The van der Waals surface area contributed by atoms with Crippen molar-refractivity contribution in [2.24, 2.45) is 0 Å². The summed E-state index contributed by atoms with van der Waals surface area (Å²) in [7, 11) is 2.16. The number of rotatable bonds is 4. The summed E-state index contributed by atoms with van der Waals surface area (Å²) in [6.07, 6.45) is 3.92. The molecule has 4 rings (SSSR count). The highest BCUT2D eigenvalue weighted by molar-refractivity contribution is 5.95. The number of piperidine rings is 1. The molecule has 1 aliphatic rings. The highest BCUT2D eigenvalue weighted by Crippen LogP contribution is 2.33. The standard InChI is InChI=1S/C21H24N4O/c1-15-5-3-6-16(13-15)24-21-20-18(22-14-23-21)7-4-8-19(20)26-17-9-11-25(2)12-10-17/h3-8,13-14,17H,9-12H2,1-2H3,(H,22,23,24). The van der Waals surface area contributed by atoms with E-state index in [4.69, 9.17) is 4.74 Å². The number of hydrogen-bond donors (Lipinski definition) is 1. The van der Waals surface area contributed by atoms with Gasteiger partial charge in [0.1, 0.15) is 24.0 Å². The van der Waals surface area contributed by atoms with Crippen LogP contribution in [0, 0.1) is 6.92 Å². The molecule has 0 spiro atoms. The first-order valence-electron chi connectivity index (χ1n) is 9.11. The van der Waals surface area contributed by atoms with E-state index >= 15 is 0 Å². The van der Waals surface area contributed by atoms with Crippen molar-refractivity contribution < 1.29 is 4.74 Å². The number of likely N-dealkylation sites (tertiary alicyclic amines) is 1. The number of nitrogens with one attached hydrogen (secondary N) is 1. The molecule has 3 aromatic rings. The molecule has 0 saturated carbocycles. The fourth-order valence-corrected chi connectivity index (χ4v) is 3.41. The van der Waals surface area contributed by atoms with E-state index in [-0.39, 0.29) is 6.10 Å². The van der Waals surface area contributed by atoms with Crippen LogP contribution in [0.3, 0.4) is 0 Å². The Morgan fingerprint density at radius 1 is 1.08 bits per heavy atom. The first kappa shape index (κ1) is 16.8. The number of fused-ring (bicyclic) bond motifs is 1. The van der Waals surface area contributed by atoms with Crippen LogP contribution in [0.2, 0.25) is 0 Å². The van der Waals surface area contributed by atoms with Crippen molar-refractivity contribution in [2.45, 2.75) is 25.9 Å². The molecular weight excluding hydrogens is 324 g/mol. The van der Waals surface area contributed by atoms with Crippen LogP contribution in [0.4, 0.5) is 11.5 Å². The van der Waals surface area contributed by atoms with E-state index < -0.39 is 0 Å². The molecular formula is C21H24N4O. The summed E-state index contributed by atoms with van der Waals surface area (Å²) in [6, 6.07) is 14.3. The first-order chi connectivity index (χ1) is 12.7. The molecule has 2 heterocycles. The normalized spacial score (nSPS) is 15.9. The van der Waals surface area contributed by atoms with Gasteiger partial charge in [-0.2, -0.15) is 0 Å². The number of ether oxygens (including phenoxy) is 1. The molecule has 1 aromatic heterocycles. The molecule has 1 fully saturated rings. The van der Waals surface area contributed by atoms with Crippen LogP contribution in [0.1, 0.15) is 18.4 Å². The second kappa shape index (κ2) is 7.30. The number of hydrogen-bond acceptors (Lipinski definition) is 5. The Morgan fingerprint density at radius 3 is 2.69 bits per heavy atom. The van der Waals surface area contributed by atoms with E-state index in [9.17, 15) is 0 Å². The van der Waals surface area contributed by atoms with Gasteiger partial charge in [-0.15, -0.1) is 0 Å². The zero-order chi connectivity index (χ0) is 17.9. The molecule has 5 heteroatoms. The van der Waals surface area contributed by atoms with Gasteiger partial charge in [0.05, 0.1) is 10.9 Å². The quantitative estimate of drug-likeness (QED) is 0.767. The van der Waals surface area contributed by atoms with Gasteiger partial charge in [0.25, 0.3) is 0 Å². The molecule has 134 valence electrons. The molecule has 1 N–H and O–H groups in total. The molecule has 0 aliphatic carbocycles. The Kier molecular flexibility index (Phi) is 4.71. The highest BCUT2D eigenvalue weighted by Gasteiger charge is 2.20. The second-order valence-corrected chi connectivity index (χ2v) is 6.99. The van der Waals surface area contributed by atoms with Crippen LogP contribution in [0.15, 0.2) is 48.8 Å². The van der Waals surface area contributed by atoms with E-state index in [1.807, 2.05) is 30.3 Å². The molecule has 0 amide bonds. The Hall–Kier alpha value is -2.66. The Labute approximate surface area is 154 Å². The van der Waals surface area contributed by atoms with Gasteiger partial charge in [0, 0.05) is 18.8 Å². The fraction of sp³-hybridized carbons (Fsp3) is 0.333. The SMILES string of the molecule is Cc1cccc(Nc2ncnc3cccc(OC4CCN(C)CC4)c23)c1. The Bertz CT molecular complexity index is 898. The van der Waals surface area contributed by atoms with Gasteiger partial charge in [-0.1, -0.05) is 18.2 Å². The van der Waals surface area contributed by atoms with Crippen LogP contribution in [-0.4, -0.2) is 41.1 Å². The number of nitrogens with zero attached hydrogens (tertiary/aromatic N) is 3. The summed E-state index contributed by atoms with van der Waals surface area (Å²) in [5.74, 6) is 1.64. The third kappa shape index (κ3) is 3.63. The number of aromatic nitrogens is 2. The van der Waals surface area contributed by atoms with Gasteiger partial charge >= 0.3 is 0 Å². The van der Waals surface area contributed by atoms with Gasteiger partial charge in [-0.3, -0.25) is 0 Å². The van der Waals surface area contributed by atoms with Gasteiger partial charge in [0.15, 0.2) is 0 Å². The summed E-state index contributed by atoms with van der Waals surface area (Å²) >= 11 is 0. The molecule has 2 aromatic carbocycles. The van der Waals surface area contributed by atoms with Crippen molar-refractivity contribution in [1.82, 2.24) is 14.9 Å². The van der Waals surface area contributed by atoms with Crippen LogP contribution in [0.5, 0.6) is 5.75 Å². The molecule has 0 unspecified atom stereocenters. The van der Waals surface area contributed by atoms with Crippen molar-refractivity contribution in [3.05, 3.63) is 54.4 Å². The van der Waals surface area contributed by atoms with Crippen LogP contribution in [-0.2, 0) is 0 Å². The molecule has 5 nitrogen and oxygen atoms in total. The predicted octanol–water partition coefficient (Wildman–Crippen LogP) is 4.15. The van der Waals surface area contributed by atoms with Gasteiger partial charge in [-0.25, -0.2) is 9.97 Å². The molecule has 0 bridgehead atoms. The average Bonchev–Trinajstić information content (AvgIpc) is 2.64. The highest BCUT2D eigenvalue weighted by atomic mass is 16.5. The molecule has 0 atom stereocenters. The number of benzene rings is 2. The van der Waals surface area contributed by atoms with E-state index in [0.29, 0.717) is 0 Å². The maximum absolute atomic E-state index is 6.37. The Morgan fingerprint density at radius 2 is 1.88 bits per heavy atom. The number of aryl methyl sites for hydroxylation is 1. The zero-order valence-corrected chi connectivity index (χ0v) is 15.3. The molecule has 1 saturated heterocycles. The minimum Gasteiger partial charge on any atom is -0.489 e. The number of anilines is 2. The van der Waals surface area contributed by atoms with Gasteiger partial charge in [-0.05, 0) is 56.6 Å². The Balaban J connectivity index is 1.67. The lowest BCUT2D eigenvalue weighted by Crippen LogP contribution is -2.35.